The molecule has 0 nitrogen and oxygen atoms in total. The second-order valence-electron chi connectivity index (χ2n) is 4.64. The predicted molar refractivity (Wildman–Crippen MR) is 64.2 cm³/mol. The van der Waals surface area contributed by atoms with Crippen LogP contribution in [0.1, 0.15) is 43.9 Å². The zero-order chi connectivity index (χ0) is 10.9. The Hall–Kier alpha value is -0.490. The van der Waals surface area contributed by atoms with Crippen molar-refractivity contribution in [3.8, 4) is 0 Å². The topological polar surface area (TPSA) is 0 Å². The van der Waals surface area contributed by atoms with Crippen LogP contribution in [0.2, 0.25) is 5.02 Å². The number of benzene rings is 1. The molecule has 0 aliphatic heterocycles. The molecule has 1 aromatic carbocycles. The molecule has 0 spiro atoms. The first kappa shape index (κ1) is 11.6. The van der Waals surface area contributed by atoms with E-state index in [-0.39, 0.29) is 5.41 Å². The lowest BCUT2D eigenvalue weighted by Gasteiger charge is -2.24. The van der Waals surface area contributed by atoms with E-state index < -0.39 is 0 Å². The van der Waals surface area contributed by atoms with E-state index in [0.29, 0.717) is 0 Å². The highest BCUT2D eigenvalue weighted by Crippen LogP contribution is 2.31. The molecule has 1 aromatic rings. The Kier molecular flexibility index (Phi) is 3.26. The van der Waals surface area contributed by atoms with Crippen molar-refractivity contribution in [2.75, 3.05) is 0 Å². The molecule has 0 saturated carbocycles. The summed E-state index contributed by atoms with van der Waals surface area (Å²) in [6.07, 6.45) is 1.13. The van der Waals surface area contributed by atoms with Crippen molar-refractivity contribution < 1.29 is 0 Å². The average molecular weight is 211 g/mol. The molecule has 0 amide bonds. The van der Waals surface area contributed by atoms with Gasteiger partial charge < -0.3 is 0 Å². The summed E-state index contributed by atoms with van der Waals surface area (Å²) < 4.78 is 0. The minimum absolute atomic E-state index is 0.224. The third-order valence-electron chi connectivity index (χ3n) is 3.27. The van der Waals surface area contributed by atoms with Crippen molar-refractivity contribution in [3.63, 3.8) is 0 Å². The Morgan fingerprint density at radius 2 is 1.79 bits per heavy atom. The molecule has 0 atom stereocenters. The zero-order valence-electron chi connectivity index (χ0n) is 9.74. The van der Waals surface area contributed by atoms with E-state index in [4.69, 9.17) is 11.6 Å². The van der Waals surface area contributed by atoms with E-state index in [1.54, 1.807) is 0 Å². The molecule has 0 N–H and O–H groups in total. The SMILES string of the molecule is CCC(C)(C)c1cc(C)c(C)c(Cl)c1. The fraction of sp³-hybridized carbons (Fsp3) is 0.538. The third-order valence-corrected chi connectivity index (χ3v) is 3.66. The van der Waals surface area contributed by atoms with Gasteiger partial charge in [-0.15, -0.1) is 0 Å². The summed E-state index contributed by atoms with van der Waals surface area (Å²) in [6.45, 7) is 10.9. The van der Waals surface area contributed by atoms with Crippen molar-refractivity contribution in [1.82, 2.24) is 0 Å². The highest BCUT2D eigenvalue weighted by molar-refractivity contribution is 6.31. The predicted octanol–water partition coefficient (Wildman–Crippen LogP) is 4.64. The van der Waals surface area contributed by atoms with Crippen LogP contribution in [-0.2, 0) is 5.41 Å². The Balaban J connectivity index is 3.26. The van der Waals surface area contributed by atoms with Crippen molar-refractivity contribution in [2.24, 2.45) is 0 Å². The van der Waals surface area contributed by atoms with Gasteiger partial charge in [-0.25, -0.2) is 0 Å². The van der Waals surface area contributed by atoms with Crippen LogP contribution in [0.25, 0.3) is 0 Å². The Morgan fingerprint density at radius 3 is 2.21 bits per heavy atom. The summed E-state index contributed by atoms with van der Waals surface area (Å²) in [5.74, 6) is 0. The maximum Gasteiger partial charge on any atom is 0.0440 e. The van der Waals surface area contributed by atoms with Gasteiger partial charge in [0.05, 0.1) is 0 Å². The quantitative estimate of drug-likeness (QED) is 0.667. The number of aryl methyl sites for hydroxylation is 1. The first-order valence-corrected chi connectivity index (χ1v) is 5.53. The van der Waals surface area contributed by atoms with Gasteiger partial charge in [0.1, 0.15) is 0 Å². The van der Waals surface area contributed by atoms with Gasteiger partial charge in [0.15, 0.2) is 0 Å². The maximum absolute atomic E-state index is 6.18. The van der Waals surface area contributed by atoms with Gasteiger partial charge in [-0.2, -0.15) is 0 Å². The molecular formula is C13H19Cl. The Bertz CT molecular complexity index is 314. The van der Waals surface area contributed by atoms with E-state index in [2.05, 4.69) is 46.8 Å². The fourth-order valence-corrected chi connectivity index (χ4v) is 1.68. The molecular weight excluding hydrogens is 192 g/mol. The second-order valence-corrected chi connectivity index (χ2v) is 5.04. The van der Waals surface area contributed by atoms with Gasteiger partial charge in [-0.05, 0) is 48.4 Å². The molecule has 0 aliphatic rings. The van der Waals surface area contributed by atoms with Crippen LogP contribution < -0.4 is 0 Å². The lowest BCUT2D eigenvalue weighted by Crippen LogP contribution is -2.15. The molecule has 0 bridgehead atoms. The number of rotatable bonds is 2. The van der Waals surface area contributed by atoms with Gasteiger partial charge >= 0.3 is 0 Å². The van der Waals surface area contributed by atoms with Gasteiger partial charge in [-0.1, -0.05) is 38.4 Å². The van der Waals surface area contributed by atoms with Crippen LogP contribution in [-0.4, -0.2) is 0 Å². The summed E-state index contributed by atoms with van der Waals surface area (Å²) in [7, 11) is 0. The van der Waals surface area contributed by atoms with Crippen molar-refractivity contribution in [3.05, 3.63) is 33.8 Å². The standard InChI is InChI=1S/C13H19Cl/c1-6-13(4,5)11-7-9(2)10(3)12(14)8-11/h7-8H,6H2,1-5H3. The van der Waals surface area contributed by atoms with Gasteiger partial charge in [0, 0.05) is 5.02 Å². The van der Waals surface area contributed by atoms with Crippen LogP contribution in [0.15, 0.2) is 12.1 Å². The number of hydrogen-bond donors (Lipinski definition) is 0. The van der Waals surface area contributed by atoms with Crippen LogP contribution in [0, 0.1) is 13.8 Å². The fourth-order valence-electron chi connectivity index (χ4n) is 1.41. The molecule has 14 heavy (non-hydrogen) atoms. The van der Waals surface area contributed by atoms with Gasteiger partial charge in [0.2, 0.25) is 0 Å². The Labute approximate surface area is 92.3 Å². The first-order valence-electron chi connectivity index (χ1n) is 5.15. The summed E-state index contributed by atoms with van der Waals surface area (Å²) in [5, 5.41) is 0.890. The summed E-state index contributed by atoms with van der Waals surface area (Å²) >= 11 is 6.18. The van der Waals surface area contributed by atoms with Gasteiger partial charge in [-0.3, -0.25) is 0 Å². The average Bonchev–Trinajstić information content (AvgIpc) is 2.13. The van der Waals surface area contributed by atoms with Crippen molar-refractivity contribution in [1.29, 1.82) is 0 Å². The van der Waals surface area contributed by atoms with E-state index in [1.165, 1.54) is 16.7 Å². The van der Waals surface area contributed by atoms with E-state index >= 15 is 0 Å². The van der Waals surface area contributed by atoms with E-state index in [1.807, 2.05) is 0 Å². The molecule has 0 radical (unpaired) electrons. The maximum atomic E-state index is 6.18. The minimum Gasteiger partial charge on any atom is -0.0840 e. The van der Waals surface area contributed by atoms with Crippen molar-refractivity contribution >= 4 is 11.6 Å². The molecule has 78 valence electrons. The van der Waals surface area contributed by atoms with Crippen LogP contribution in [0.3, 0.4) is 0 Å². The minimum atomic E-state index is 0.224. The normalized spacial score (nSPS) is 11.9. The highest BCUT2D eigenvalue weighted by atomic mass is 35.5. The molecule has 1 rings (SSSR count). The molecule has 0 fully saturated rings. The summed E-state index contributed by atoms with van der Waals surface area (Å²) in [5.41, 5.74) is 4.05. The van der Waals surface area contributed by atoms with Crippen molar-refractivity contribution in [2.45, 2.75) is 46.5 Å². The molecule has 1 heteroatoms. The van der Waals surface area contributed by atoms with Gasteiger partial charge in [0.25, 0.3) is 0 Å². The molecule has 0 saturated heterocycles. The van der Waals surface area contributed by atoms with E-state index in [9.17, 15) is 0 Å². The first-order chi connectivity index (χ1) is 6.38. The van der Waals surface area contributed by atoms with Crippen LogP contribution >= 0.6 is 11.6 Å². The Morgan fingerprint density at radius 1 is 1.21 bits per heavy atom. The lowest BCUT2D eigenvalue weighted by molar-refractivity contribution is 0.506. The smallest absolute Gasteiger partial charge is 0.0440 e. The molecule has 0 aromatic heterocycles. The van der Waals surface area contributed by atoms with E-state index in [0.717, 1.165) is 11.4 Å². The van der Waals surface area contributed by atoms with Crippen LogP contribution in [0.5, 0.6) is 0 Å². The third kappa shape index (κ3) is 2.12. The summed E-state index contributed by atoms with van der Waals surface area (Å²) in [4.78, 5) is 0. The summed E-state index contributed by atoms with van der Waals surface area (Å²) in [6, 6.07) is 4.36. The number of hydrogen-bond acceptors (Lipinski definition) is 0. The number of halogens is 1. The monoisotopic (exact) mass is 210 g/mol. The molecule has 0 aliphatic carbocycles. The largest absolute Gasteiger partial charge is 0.0840 e. The molecule has 0 unspecified atom stereocenters. The lowest BCUT2D eigenvalue weighted by atomic mass is 9.81. The molecule has 0 heterocycles. The zero-order valence-corrected chi connectivity index (χ0v) is 10.5. The second kappa shape index (κ2) is 3.94. The van der Waals surface area contributed by atoms with Crippen LogP contribution in [0.4, 0.5) is 0 Å². The highest BCUT2D eigenvalue weighted by Gasteiger charge is 2.19.